The lowest BCUT2D eigenvalue weighted by Crippen LogP contribution is -2.57. The minimum atomic E-state index is -0.0377. The normalized spacial score (nSPS) is 23.7. The van der Waals surface area contributed by atoms with Gasteiger partial charge in [-0.3, -0.25) is 9.59 Å². The summed E-state index contributed by atoms with van der Waals surface area (Å²) in [4.78, 5) is 30.4. The maximum Gasteiger partial charge on any atom is 0.251 e. The molecule has 6 heteroatoms. The van der Waals surface area contributed by atoms with E-state index in [0.717, 1.165) is 19.6 Å². The number of Topliss-reactive ketones (excluding diaryl/α,β-unsaturated/α-hetero) is 1. The molecule has 5 rings (SSSR count). The van der Waals surface area contributed by atoms with E-state index < -0.39 is 0 Å². The number of hydrogen-bond donors (Lipinski definition) is 1. The predicted octanol–water partition coefficient (Wildman–Crippen LogP) is 2.90. The van der Waals surface area contributed by atoms with Crippen molar-refractivity contribution in [3.63, 3.8) is 0 Å². The monoisotopic (exact) mass is 365 g/mol. The van der Waals surface area contributed by atoms with Gasteiger partial charge in [-0.25, -0.2) is 4.98 Å². The van der Waals surface area contributed by atoms with E-state index in [9.17, 15) is 9.59 Å². The number of hydrogen-bond acceptors (Lipinski definition) is 5. The molecular formula is C21H23N3O3. The van der Waals surface area contributed by atoms with Crippen molar-refractivity contribution in [1.29, 1.82) is 0 Å². The van der Waals surface area contributed by atoms with Crippen LogP contribution in [0.15, 0.2) is 42.6 Å². The van der Waals surface area contributed by atoms with Gasteiger partial charge in [0.05, 0.1) is 0 Å². The number of nitrogens with zero attached hydrogens (tertiary/aromatic N) is 2. The number of rotatable bonds is 5. The third-order valence-corrected chi connectivity index (χ3v) is 5.45. The van der Waals surface area contributed by atoms with Gasteiger partial charge in [0.1, 0.15) is 5.75 Å². The SMILES string of the molecule is CC(=O)c1ccc(Oc2ccc(C(=O)N[C@H]3CN4CCC3CC4)cc2)nc1. The zero-order valence-electron chi connectivity index (χ0n) is 15.4. The first kappa shape index (κ1) is 17.7. The van der Waals surface area contributed by atoms with Crippen LogP contribution in [0.3, 0.4) is 0 Å². The standard InChI is InChI=1S/C21H23N3O3/c1-14(25)17-4-7-20(22-12-17)27-18-5-2-16(3-6-18)21(26)23-19-13-24-10-8-15(19)9-11-24/h2-7,12,15,19H,8-11,13H2,1H3,(H,23,26)/t19-/m0/s1. The lowest BCUT2D eigenvalue weighted by Gasteiger charge is -2.44. The van der Waals surface area contributed by atoms with Crippen LogP contribution in [0.2, 0.25) is 0 Å². The molecule has 3 aliphatic heterocycles. The Morgan fingerprint density at radius 3 is 2.33 bits per heavy atom. The van der Waals surface area contributed by atoms with Crippen molar-refractivity contribution < 1.29 is 14.3 Å². The Morgan fingerprint density at radius 2 is 1.78 bits per heavy atom. The molecule has 3 saturated heterocycles. The van der Waals surface area contributed by atoms with Gasteiger partial charge < -0.3 is 15.0 Å². The Labute approximate surface area is 158 Å². The molecule has 1 atom stereocenters. The molecule has 0 unspecified atom stereocenters. The van der Waals surface area contributed by atoms with Crippen molar-refractivity contribution in [2.75, 3.05) is 19.6 Å². The van der Waals surface area contributed by atoms with E-state index >= 15 is 0 Å². The average molecular weight is 365 g/mol. The lowest BCUT2D eigenvalue weighted by atomic mass is 9.84. The highest BCUT2D eigenvalue weighted by atomic mass is 16.5. The Kier molecular flexibility index (Phi) is 4.90. The first-order chi connectivity index (χ1) is 13.1. The third-order valence-electron chi connectivity index (χ3n) is 5.45. The number of fused-ring (bicyclic) bond motifs is 3. The Hall–Kier alpha value is -2.73. The second kappa shape index (κ2) is 7.48. The quantitative estimate of drug-likeness (QED) is 0.825. The number of ether oxygens (including phenoxy) is 1. The lowest BCUT2D eigenvalue weighted by molar-refractivity contribution is 0.0620. The minimum Gasteiger partial charge on any atom is -0.439 e. The van der Waals surface area contributed by atoms with Gasteiger partial charge in [0.15, 0.2) is 5.78 Å². The summed E-state index contributed by atoms with van der Waals surface area (Å²) in [6, 6.07) is 10.6. The van der Waals surface area contributed by atoms with Crippen molar-refractivity contribution in [1.82, 2.24) is 15.2 Å². The van der Waals surface area contributed by atoms with E-state index in [1.165, 1.54) is 26.0 Å². The van der Waals surface area contributed by atoms with E-state index in [0.29, 0.717) is 28.7 Å². The Bertz CT molecular complexity index is 825. The van der Waals surface area contributed by atoms with Crippen molar-refractivity contribution in [3.05, 3.63) is 53.7 Å². The molecule has 140 valence electrons. The molecule has 2 bridgehead atoms. The number of piperidine rings is 3. The van der Waals surface area contributed by atoms with Gasteiger partial charge in [-0.2, -0.15) is 0 Å². The highest BCUT2D eigenvalue weighted by Gasteiger charge is 2.34. The molecule has 1 amide bonds. The van der Waals surface area contributed by atoms with Crippen LogP contribution in [0, 0.1) is 5.92 Å². The van der Waals surface area contributed by atoms with E-state index in [1.807, 2.05) is 0 Å². The van der Waals surface area contributed by atoms with Crippen molar-refractivity contribution in [2.24, 2.45) is 5.92 Å². The van der Waals surface area contributed by atoms with E-state index in [4.69, 9.17) is 4.74 Å². The Balaban J connectivity index is 1.36. The van der Waals surface area contributed by atoms with Crippen LogP contribution in [0.5, 0.6) is 11.6 Å². The molecular weight excluding hydrogens is 342 g/mol. The maximum absolute atomic E-state index is 12.5. The largest absolute Gasteiger partial charge is 0.439 e. The predicted molar refractivity (Wildman–Crippen MR) is 101 cm³/mol. The molecule has 0 radical (unpaired) electrons. The molecule has 6 nitrogen and oxygen atoms in total. The van der Waals surface area contributed by atoms with Gasteiger partial charge in [-0.05, 0) is 69.1 Å². The average Bonchev–Trinajstić information content (AvgIpc) is 2.70. The molecule has 27 heavy (non-hydrogen) atoms. The number of benzene rings is 1. The molecule has 3 aliphatic rings. The van der Waals surface area contributed by atoms with Crippen LogP contribution in [0.1, 0.15) is 40.5 Å². The summed E-state index contributed by atoms with van der Waals surface area (Å²) >= 11 is 0. The number of amides is 1. The molecule has 0 aliphatic carbocycles. The number of ketones is 1. The van der Waals surface area contributed by atoms with Crippen molar-refractivity contribution in [2.45, 2.75) is 25.8 Å². The number of aromatic nitrogens is 1. The third kappa shape index (κ3) is 4.01. The molecule has 4 heterocycles. The highest BCUT2D eigenvalue weighted by molar-refractivity contribution is 5.94. The van der Waals surface area contributed by atoms with Crippen LogP contribution >= 0.6 is 0 Å². The number of pyridine rings is 1. The smallest absolute Gasteiger partial charge is 0.251 e. The van der Waals surface area contributed by atoms with E-state index in [2.05, 4.69) is 15.2 Å². The van der Waals surface area contributed by atoms with E-state index in [-0.39, 0.29) is 17.7 Å². The van der Waals surface area contributed by atoms with Crippen molar-refractivity contribution in [3.8, 4) is 11.6 Å². The summed E-state index contributed by atoms with van der Waals surface area (Å²) in [5.74, 6) is 1.53. The first-order valence-electron chi connectivity index (χ1n) is 9.36. The highest BCUT2D eigenvalue weighted by Crippen LogP contribution is 2.28. The van der Waals surface area contributed by atoms with Gasteiger partial charge in [-0.15, -0.1) is 0 Å². The molecule has 1 aromatic carbocycles. The summed E-state index contributed by atoms with van der Waals surface area (Å²) in [5.41, 5.74) is 1.17. The maximum atomic E-state index is 12.5. The fraction of sp³-hybridized carbons (Fsp3) is 0.381. The van der Waals surface area contributed by atoms with Crippen LogP contribution in [0.4, 0.5) is 0 Å². The van der Waals surface area contributed by atoms with Gasteiger partial charge in [0, 0.05) is 36.0 Å². The molecule has 1 aromatic heterocycles. The van der Waals surface area contributed by atoms with Gasteiger partial charge in [0.25, 0.3) is 5.91 Å². The molecule has 2 aromatic rings. The molecule has 0 saturated carbocycles. The fourth-order valence-electron chi connectivity index (χ4n) is 3.82. The zero-order valence-corrected chi connectivity index (χ0v) is 15.4. The number of carbonyl (C=O) groups is 2. The van der Waals surface area contributed by atoms with Gasteiger partial charge >= 0.3 is 0 Å². The summed E-state index contributed by atoms with van der Waals surface area (Å²) in [6.45, 7) is 4.77. The van der Waals surface area contributed by atoms with Crippen LogP contribution in [0.25, 0.3) is 0 Å². The first-order valence-corrected chi connectivity index (χ1v) is 9.36. The number of carbonyl (C=O) groups excluding carboxylic acids is 2. The molecule has 0 spiro atoms. The topological polar surface area (TPSA) is 71.5 Å². The second-order valence-electron chi connectivity index (χ2n) is 7.29. The summed E-state index contributed by atoms with van der Waals surface area (Å²) in [5, 5.41) is 3.19. The van der Waals surface area contributed by atoms with Crippen LogP contribution in [-0.2, 0) is 0 Å². The zero-order chi connectivity index (χ0) is 18.8. The van der Waals surface area contributed by atoms with Crippen LogP contribution in [-0.4, -0.2) is 47.3 Å². The fourth-order valence-corrected chi connectivity index (χ4v) is 3.82. The Morgan fingerprint density at radius 1 is 1.07 bits per heavy atom. The molecule has 3 fully saturated rings. The van der Waals surface area contributed by atoms with Gasteiger partial charge in [-0.1, -0.05) is 0 Å². The summed E-state index contributed by atoms with van der Waals surface area (Å²) in [7, 11) is 0. The van der Waals surface area contributed by atoms with E-state index in [1.54, 1.807) is 36.4 Å². The summed E-state index contributed by atoms with van der Waals surface area (Å²) < 4.78 is 5.68. The minimum absolute atomic E-state index is 0.0348. The molecule has 1 N–H and O–H groups in total. The van der Waals surface area contributed by atoms with Gasteiger partial charge in [0.2, 0.25) is 5.88 Å². The van der Waals surface area contributed by atoms with Crippen LogP contribution < -0.4 is 10.1 Å². The summed E-state index contributed by atoms with van der Waals surface area (Å²) in [6.07, 6.45) is 3.84. The second-order valence-corrected chi connectivity index (χ2v) is 7.29. The van der Waals surface area contributed by atoms with Crippen molar-refractivity contribution >= 4 is 11.7 Å². The number of nitrogens with one attached hydrogen (secondary N) is 1.